The summed E-state index contributed by atoms with van der Waals surface area (Å²) in [6.07, 6.45) is 2.67. The van der Waals surface area contributed by atoms with Crippen LogP contribution in [0.3, 0.4) is 0 Å². The Kier molecular flexibility index (Phi) is 6.56. The van der Waals surface area contributed by atoms with E-state index < -0.39 is 9.89 Å². The number of hydrogen-bond donors (Lipinski definition) is 1. The molecule has 1 heterocycles. The predicted molar refractivity (Wildman–Crippen MR) is 74.4 cm³/mol. The first-order valence-electron chi connectivity index (χ1n) is 5.51. The van der Waals surface area contributed by atoms with Gasteiger partial charge in [-0.15, -0.1) is 0 Å². The lowest BCUT2D eigenvalue weighted by Crippen LogP contribution is -2.39. The topological polar surface area (TPSA) is 29.5 Å². The minimum absolute atomic E-state index is 0.215. The molecule has 100 valence electrons. The summed E-state index contributed by atoms with van der Waals surface area (Å²) in [5.41, 5.74) is 0. The summed E-state index contributed by atoms with van der Waals surface area (Å²) < 4.78 is 3.38. The highest BCUT2D eigenvalue weighted by molar-refractivity contribution is 7.80. The molecule has 3 nitrogen and oxygen atoms in total. The number of carbonyl (C=O) groups is 1. The van der Waals surface area contributed by atoms with Crippen molar-refractivity contribution in [3.8, 4) is 0 Å². The van der Waals surface area contributed by atoms with Crippen LogP contribution in [0.5, 0.6) is 0 Å². The summed E-state index contributed by atoms with van der Waals surface area (Å²) in [4.78, 5) is 13.3. The molecule has 7 heteroatoms. The van der Waals surface area contributed by atoms with Crippen LogP contribution >= 0.6 is 47.4 Å². The van der Waals surface area contributed by atoms with Gasteiger partial charge in [0.15, 0.2) is 0 Å². The molecule has 0 aromatic heterocycles. The van der Waals surface area contributed by atoms with Crippen molar-refractivity contribution in [2.75, 3.05) is 25.4 Å². The van der Waals surface area contributed by atoms with Crippen molar-refractivity contribution in [2.45, 2.75) is 23.1 Å². The van der Waals surface area contributed by atoms with Crippen molar-refractivity contribution >= 4 is 53.5 Å². The summed E-state index contributed by atoms with van der Waals surface area (Å²) in [7, 11) is 0. The van der Waals surface area contributed by atoms with Gasteiger partial charge in [0.2, 0.25) is 3.79 Å². The summed E-state index contributed by atoms with van der Waals surface area (Å²) in [6.45, 7) is 1.20. The van der Waals surface area contributed by atoms with Crippen molar-refractivity contribution in [1.29, 1.82) is 0 Å². The molecule has 0 unspecified atom stereocenters. The Morgan fingerprint density at radius 1 is 1.35 bits per heavy atom. The van der Waals surface area contributed by atoms with Crippen molar-refractivity contribution < 1.29 is 9.53 Å². The Morgan fingerprint density at radius 3 is 2.41 bits per heavy atom. The Balaban J connectivity index is 2.26. The maximum absolute atomic E-state index is 11.6. The zero-order valence-electron chi connectivity index (χ0n) is 9.37. The molecule has 1 amide bonds. The number of alkyl halides is 3. The van der Waals surface area contributed by atoms with Gasteiger partial charge in [0.05, 0.1) is 0 Å². The largest absolute Gasteiger partial charge is 0.445 e. The van der Waals surface area contributed by atoms with E-state index >= 15 is 0 Å². The summed E-state index contributed by atoms with van der Waals surface area (Å²) >= 11 is 20.7. The van der Waals surface area contributed by atoms with E-state index in [-0.39, 0.29) is 6.61 Å². The van der Waals surface area contributed by atoms with Gasteiger partial charge in [-0.3, -0.25) is 0 Å². The zero-order valence-corrected chi connectivity index (χ0v) is 12.5. The lowest BCUT2D eigenvalue weighted by Gasteiger charge is -2.31. The monoisotopic (exact) mass is 319 g/mol. The van der Waals surface area contributed by atoms with Crippen molar-refractivity contribution in [3.05, 3.63) is 0 Å². The quantitative estimate of drug-likeness (QED) is 0.637. The molecule has 0 spiro atoms. The number of amides is 1. The number of ether oxygens (including phenoxy) is 1. The van der Waals surface area contributed by atoms with E-state index in [9.17, 15) is 4.79 Å². The maximum atomic E-state index is 11.6. The fourth-order valence-corrected chi connectivity index (χ4v) is 2.35. The fraction of sp³-hybridized carbons (Fsp3) is 0.900. The predicted octanol–water partition coefficient (Wildman–Crippen LogP) is 3.53. The molecule has 0 saturated carbocycles. The molecule has 0 aromatic carbocycles. The SMILES string of the molecule is O=C(OCC(Cl)(Cl)Cl)N1CCC(CCS)CC1. The molecule has 0 atom stereocenters. The minimum Gasteiger partial charge on any atom is -0.445 e. The normalized spacial score (nSPS) is 18.2. The molecule has 1 saturated heterocycles. The van der Waals surface area contributed by atoms with Crippen LogP contribution in [0.2, 0.25) is 0 Å². The van der Waals surface area contributed by atoms with Crippen molar-refractivity contribution in [1.82, 2.24) is 4.90 Å². The second-order valence-corrected chi connectivity index (χ2v) is 7.08. The molecule has 0 aromatic rings. The smallest absolute Gasteiger partial charge is 0.409 e. The van der Waals surface area contributed by atoms with Gasteiger partial charge in [-0.2, -0.15) is 12.6 Å². The lowest BCUT2D eigenvalue weighted by molar-refractivity contribution is 0.0889. The van der Waals surface area contributed by atoms with Gasteiger partial charge in [0.25, 0.3) is 0 Å². The van der Waals surface area contributed by atoms with Crippen LogP contribution in [0.15, 0.2) is 0 Å². The minimum atomic E-state index is -1.54. The average molecular weight is 321 g/mol. The molecule has 0 bridgehead atoms. The average Bonchev–Trinajstić information content (AvgIpc) is 2.26. The zero-order chi connectivity index (χ0) is 12.9. The molecule has 0 radical (unpaired) electrons. The lowest BCUT2D eigenvalue weighted by atomic mass is 9.95. The molecule has 1 fully saturated rings. The van der Waals surface area contributed by atoms with Crippen molar-refractivity contribution in [2.24, 2.45) is 5.92 Å². The van der Waals surface area contributed by atoms with Crippen molar-refractivity contribution in [3.63, 3.8) is 0 Å². The summed E-state index contributed by atoms with van der Waals surface area (Å²) in [5, 5.41) is 0. The highest BCUT2D eigenvalue weighted by Gasteiger charge is 2.27. The number of thiol groups is 1. The van der Waals surface area contributed by atoms with Gasteiger partial charge in [0.1, 0.15) is 6.61 Å². The molecule has 17 heavy (non-hydrogen) atoms. The van der Waals surface area contributed by atoms with Gasteiger partial charge in [-0.1, -0.05) is 34.8 Å². The number of nitrogens with zero attached hydrogens (tertiary/aromatic N) is 1. The first-order valence-corrected chi connectivity index (χ1v) is 7.28. The Labute approximate surface area is 122 Å². The van der Waals surface area contributed by atoms with Crippen LogP contribution in [0.1, 0.15) is 19.3 Å². The van der Waals surface area contributed by atoms with E-state index in [2.05, 4.69) is 12.6 Å². The second kappa shape index (κ2) is 7.17. The van der Waals surface area contributed by atoms with Gasteiger partial charge < -0.3 is 9.64 Å². The Bertz CT molecular complexity index is 252. The van der Waals surface area contributed by atoms with Crippen LogP contribution in [-0.2, 0) is 4.74 Å². The Hall–Kier alpha value is 0.490. The highest BCUT2D eigenvalue weighted by Crippen LogP contribution is 2.27. The van der Waals surface area contributed by atoms with Crippen LogP contribution in [0.4, 0.5) is 4.79 Å². The van der Waals surface area contributed by atoms with Gasteiger partial charge in [0, 0.05) is 13.1 Å². The number of piperidine rings is 1. The third kappa shape index (κ3) is 6.27. The number of carbonyl (C=O) groups excluding carboxylic acids is 1. The van der Waals surface area contributed by atoms with E-state index in [1.807, 2.05) is 0 Å². The molecule has 1 aliphatic heterocycles. The van der Waals surface area contributed by atoms with E-state index in [0.717, 1.165) is 25.0 Å². The maximum Gasteiger partial charge on any atom is 0.409 e. The summed E-state index contributed by atoms with van der Waals surface area (Å²) in [6, 6.07) is 0. The molecular weight excluding hydrogens is 305 g/mol. The molecule has 1 aliphatic rings. The number of rotatable bonds is 3. The molecule has 0 aliphatic carbocycles. The number of halogens is 3. The first-order chi connectivity index (χ1) is 7.92. The fourth-order valence-electron chi connectivity index (χ4n) is 1.82. The van der Waals surface area contributed by atoms with Gasteiger partial charge >= 0.3 is 6.09 Å². The number of hydrogen-bond acceptors (Lipinski definition) is 3. The van der Waals surface area contributed by atoms with Gasteiger partial charge in [-0.25, -0.2) is 4.79 Å². The third-order valence-corrected chi connectivity index (χ3v) is 3.35. The van der Waals surface area contributed by atoms with E-state index in [4.69, 9.17) is 39.5 Å². The second-order valence-electron chi connectivity index (χ2n) is 4.11. The number of likely N-dealkylation sites (tertiary alicyclic amines) is 1. The standard InChI is InChI=1S/C10H16Cl3NO2S/c11-10(12,13)7-16-9(15)14-4-1-8(2-5-14)3-6-17/h8,17H,1-7H2. The Morgan fingerprint density at radius 2 is 1.94 bits per heavy atom. The van der Waals surface area contributed by atoms with Crippen LogP contribution in [0.25, 0.3) is 0 Å². The first kappa shape index (κ1) is 15.5. The summed E-state index contributed by atoms with van der Waals surface area (Å²) in [5.74, 6) is 1.55. The highest BCUT2D eigenvalue weighted by atomic mass is 35.6. The van der Waals surface area contributed by atoms with E-state index in [1.54, 1.807) is 4.90 Å². The molecule has 0 N–H and O–H groups in total. The molecule has 1 rings (SSSR count). The van der Waals surface area contributed by atoms with E-state index in [1.165, 1.54) is 0 Å². The van der Waals surface area contributed by atoms with Crippen LogP contribution < -0.4 is 0 Å². The third-order valence-electron chi connectivity index (χ3n) is 2.77. The van der Waals surface area contributed by atoms with Gasteiger partial charge in [-0.05, 0) is 30.9 Å². The van der Waals surface area contributed by atoms with E-state index in [0.29, 0.717) is 19.0 Å². The van der Waals surface area contributed by atoms with Crippen LogP contribution in [-0.4, -0.2) is 40.2 Å². The molecular formula is C10H16Cl3NO2S. The van der Waals surface area contributed by atoms with Crippen LogP contribution in [0, 0.1) is 5.92 Å².